The van der Waals surface area contributed by atoms with Crippen molar-refractivity contribution < 1.29 is 24.2 Å². The molecular weight excluding hydrogens is 286 g/mol. The second-order valence-electron chi connectivity index (χ2n) is 6.21. The van der Waals surface area contributed by atoms with Gasteiger partial charge in [0.15, 0.2) is 0 Å². The molecule has 0 spiro atoms. The van der Waals surface area contributed by atoms with Gasteiger partial charge in [-0.1, -0.05) is 12.1 Å². The summed E-state index contributed by atoms with van der Waals surface area (Å²) in [6.45, 7) is 8.51. The molecule has 0 fully saturated rings. The van der Waals surface area contributed by atoms with E-state index in [2.05, 4.69) is 4.74 Å². The van der Waals surface area contributed by atoms with E-state index in [-0.39, 0.29) is 12.2 Å². The third-order valence-corrected chi connectivity index (χ3v) is 3.06. The van der Waals surface area contributed by atoms with Gasteiger partial charge in [0.05, 0.1) is 0 Å². The number of carbonyl (C=O) groups excluding carboxylic acids is 2. The molecule has 1 rings (SSSR count). The average molecular weight is 309 g/mol. The molecule has 122 valence electrons. The molecule has 0 heterocycles. The Labute approximate surface area is 130 Å². The molecule has 22 heavy (non-hydrogen) atoms. The van der Waals surface area contributed by atoms with E-state index in [1.807, 2.05) is 0 Å². The molecule has 0 aliphatic rings. The molecule has 0 saturated heterocycles. The SMILES string of the molecule is Cc1ccc(C[C@H](N)C(=O)OC(=O)OC(C)(C)C)c(C)c1O. The number of phenols is 1. The van der Waals surface area contributed by atoms with Crippen LogP contribution in [-0.2, 0) is 20.7 Å². The van der Waals surface area contributed by atoms with E-state index in [4.69, 9.17) is 10.5 Å². The molecule has 1 aromatic rings. The Morgan fingerprint density at radius 2 is 1.86 bits per heavy atom. The summed E-state index contributed by atoms with van der Waals surface area (Å²) in [5, 5.41) is 9.88. The smallest absolute Gasteiger partial charge is 0.507 e. The molecule has 0 bridgehead atoms. The van der Waals surface area contributed by atoms with Gasteiger partial charge in [-0.2, -0.15) is 0 Å². The normalized spacial score (nSPS) is 12.6. The lowest BCUT2D eigenvalue weighted by Gasteiger charge is -2.19. The van der Waals surface area contributed by atoms with Gasteiger partial charge in [0, 0.05) is 0 Å². The molecule has 3 N–H and O–H groups in total. The molecule has 1 aromatic carbocycles. The highest BCUT2D eigenvalue weighted by molar-refractivity contribution is 5.85. The van der Waals surface area contributed by atoms with Gasteiger partial charge in [-0.05, 0) is 57.7 Å². The number of rotatable bonds is 3. The van der Waals surface area contributed by atoms with Crippen LogP contribution < -0.4 is 5.73 Å². The van der Waals surface area contributed by atoms with Crippen molar-refractivity contribution in [2.45, 2.75) is 52.7 Å². The van der Waals surface area contributed by atoms with Crippen LogP contribution in [-0.4, -0.2) is 28.9 Å². The number of benzene rings is 1. The maximum absolute atomic E-state index is 11.8. The van der Waals surface area contributed by atoms with Gasteiger partial charge in [-0.15, -0.1) is 0 Å². The van der Waals surface area contributed by atoms with E-state index >= 15 is 0 Å². The summed E-state index contributed by atoms with van der Waals surface area (Å²) in [6.07, 6.45) is -0.919. The maximum atomic E-state index is 11.8. The van der Waals surface area contributed by atoms with E-state index < -0.39 is 23.8 Å². The summed E-state index contributed by atoms with van der Waals surface area (Å²) in [4.78, 5) is 23.2. The zero-order valence-electron chi connectivity index (χ0n) is 13.6. The Hall–Kier alpha value is -2.08. The minimum absolute atomic E-state index is 0.154. The van der Waals surface area contributed by atoms with Crippen LogP contribution in [0.3, 0.4) is 0 Å². The quantitative estimate of drug-likeness (QED) is 0.657. The highest BCUT2D eigenvalue weighted by Crippen LogP contribution is 2.25. The Kier molecular flexibility index (Phi) is 5.54. The Balaban J connectivity index is 2.69. The van der Waals surface area contributed by atoms with Crippen molar-refractivity contribution >= 4 is 12.1 Å². The first-order chi connectivity index (χ1) is 10.0. The van der Waals surface area contributed by atoms with Gasteiger partial charge in [-0.3, -0.25) is 0 Å². The average Bonchev–Trinajstić information content (AvgIpc) is 2.37. The number of phenolic OH excluding ortho intramolecular Hbond substituents is 1. The summed E-state index contributed by atoms with van der Waals surface area (Å²) in [7, 11) is 0. The minimum atomic E-state index is -1.07. The number of hydrogen-bond acceptors (Lipinski definition) is 6. The second kappa shape index (κ2) is 6.79. The van der Waals surface area contributed by atoms with Crippen molar-refractivity contribution in [3.05, 3.63) is 28.8 Å². The van der Waals surface area contributed by atoms with E-state index in [9.17, 15) is 14.7 Å². The fourth-order valence-electron chi connectivity index (χ4n) is 1.85. The summed E-state index contributed by atoms with van der Waals surface area (Å²) in [5.74, 6) is -0.695. The number of ether oxygens (including phenoxy) is 2. The predicted molar refractivity (Wildman–Crippen MR) is 81.6 cm³/mol. The third kappa shape index (κ3) is 5.04. The van der Waals surface area contributed by atoms with Crippen LogP contribution in [0, 0.1) is 13.8 Å². The van der Waals surface area contributed by atoms with Crippen LogP contribution in [0.2, 0.25) is 0 Å². The van der Waals surface area contributed by atoms with Gasteiger partial charge < -0.3 is 20.3 Å². The van der Waals surface area contributed by atoms with E-state index in [1.54, 1.807) is 46.8 Å². The van der Waals surface area contributed by atoms with Crippen LogP contribution >= 0.6 is 0 Å². The molecule has 0 aliphatic carbocycles. The maximum Gasteiger partial charge on any atom is 0.516 e. The molecule has 0 unspecified atom stereocenters. The first-order valence-electron chi connectivity index (χ1n) is 6.99. The van der Waals surface area contributed by atoms with Gasteiger partial charge in [0.1, 0.15) is 17.4 Å². The van der Waals surface area contributed by atoms with Gasteiger partial charge in [0.25, 0.3) is 0 Å². The van der Waals surface area contributed by atoms with Crippen molar-refractivity contribution in [3.63, 3.8) is 0 Å². The topological polar surface area (TPSA) is 98.9 Å². The number of aromatic hydroxyl groups is 1. The van der Waals surface area contributed by atoms with Crippen LogP contribution in [0.15, 0.2) is 12.1 Å². The third-order valence-electron chi connectivity index (χ3n) is 3.06. The zero-order valence-corrected chi connectivity index (χ0v) is 13.6. The van der Waals surface area contributed by atoms with Crippen molar-refractivity contribution in [3.8, 4) is 5.75 Å². The fraction of sp³-hybridized carbons (Fsp3) is 0.500. The van der Waals surface area contributed by atoms with Crippen molar-refractivity contribution in [1.82, 2.24) is 0 Å². The summed E-state index contributed by atoms with van der Waals surface area (Å²) < 4.78 is 9.46. The van der Waals surface area contributed by atoms with Crippen molar-refractivity contribution in [2.24, 2.45) is 5.73 Å². The number of nitrogens with two attached hydrogens (primary N) is 1. The van der Waals surface area contributed by atoms with Crippen molar-refractivity contribution in [2.75, 3.05) is 0 Å². The molecule has 0 aromatic heterocycles. The molecule has 1 atom stereocenters. The van der Waals surface area contributed by atoms with E-state index in [1.165, 1.54) is 0 Å². The Morgan fingerprint density at radius 3 is 2.41 bits per heavy atom. The zero-order chi connectivity index (χ0) is 17.1. The first kappa shape index (κ1) is 18.0. The first-order valence-corrected chi connectivity index (χ1v) is 6.99. The molecule has 6 nitrogen and oxygen atoms in total. The summed E-state index contributed by atoms with van der Waals surface area (Å²) in [5.41, 5.74) is 7.12. The molecule has 0 saturated carbocycles. The lowest BCUT2D eigenvalue weighted by molar-refractivity contribution is -0.142. The number of aryl methyl sites for hydroxylation is 1. The van der Waals surface area contributed by atoms with Gasteiger partial charge in [0.2, 0.25) is 0 Å². The van der Waals surface area contributed by atoms with Crippen molar-refractivity contribution in [1.29, 1.82) is 0 Å². The van der Waals surface area contributed by atoms with Crippen LogP contribution in [0.25, 0.3) is 0 Å². The summed E-state index contributed by atoms with van der Waals surface area (Å²) in [6, 6.07) is 2.50. The van der Waals surface area contributed by atoms with Gasteiger partial charge >= 0.3 is 12.1 Å². The Bertz CT molecular complexity index is 575. The molecule has 0 aliphatic heterocycles. The standard InChI is InChI=1S/C16H23NO5/c1-9-6-7-11(10(2)13(9)18)8-12(17)14(19)21-15(20)22-16(3,4)5/h6-7,12,18H,8,17H2,1-5H3/t12-/m0/s1. The summed E-state index contributed by atoms with van der Waals surface area (Å²) >= 11 is 0. The number of esters is 1. The number of carbonyl (C=O) groups is 2. The number of hydrogen-bond donors (Lipinski definition) is 2. The molecule has 0 amide bonds. The lowest BCUT2D eigenvalue weighted by Crippen LogP contribution is -2.37. The van der Waals surface area contributed by atoms with Crippen LogP contribution in [0.1, 0.15) is 37.5 Å². The molecule has 6 heteroatoms. The minimum Gasteiger partial charge on any atom is -0.507 e. The largest absolute Gasteiger partial charge is 0.516 e. The molecular formula is C16H23NO5. The highest BCUT2D eigenvalue weighted by Gasteiger charge is 2.24. The highest BCUT2D eigenvalue weighted by atomic mass is 16.7. The van der Waals surface area contributed by atoms with E-state index in [0.717, 1.165) is 11.1 Å². The van der Waals surface area contributed by atoms with Gasteiger partial charge in [-0.25, -0.2) is 9.59 Å². The Morgan fingerprint density at radius 1 is 1.27 bits per heavy atom. The second-order valence-corrected chi connectivity index (χ2v) is 6.21. The predicted octanol–water partition coefficient (Wildman–Crippen LogP) is 2.36. The van der Waals surface area contributed by atoms with Crippen LogP contribution in [0.4, 0.5) is 4.79 Å². The van der Waals surface area contributed by atoms with Crippen LogP contribution in [0.5, 0.6) is 5.75 Å². The van der Waals surface area contributed by atoms with E-state index in [0.29, 0.717) is 5.56 Å². The fourth-order valence-corrected chi connectivity index (χ4v) is 1.85. The molecule has 0 radical (unpaired) electrons. The monoisotopic (exact) mass is 309 g/mol. The lowest BCUT2D eigenvalue weighted by atomic mass is 9.98.